The molecule has 0 bridgehead atoms. The highest BCUT2D eigenvalue weighted by atomic mass is 32.2. The van der Waals surface area contributed by atoms with Crippen LogP contribution in [0.15, 0.2) is 135 Å². The van der Waals surface area contributed by atoms with Crippen LogP contribution in [-0.2, 0) is 65.4 Å². The monoisotopic (exact) mass is 1780 g/mol. The predicted molar refractivity (Wildman–Crippen MR) is 485 cm³/mol. The van der Waals surface area contributed by atoms with Crippen molar-refractivity contribution in [1.29, 1.82) is 0 Å². The van der Waals surface area contributed by atoms with Gasteiger partial charge in [0.2, 0.25) is 0 Å². The molecular formula is C88H130F2N12O16S4. The molecule has 34 heteroatoms. The van der Waals surface area contributed by atoms with E-state index in [1.165, 1.54) is 24.3 Å². The smallest absolute Gasteiger partial charge is 0.335 e. The average Bonchev–Trinajstić information content (AvgIpc) is 1.19. The van der Waals surface area contributed by atoms with Crippen molar-refractivity contribution in [3.8, 4) is 0 Å². The van der Waals surface area contributed by atoms with Crippen molar-refractivity contribution in [1.82, 2.24) is 54.7 Å². The normalized spacial score (nSPS) is 16.7. The summed E-state index contributed by atoms with van der Waals surface area (Å²) in [4.78, 5) is 88.7. The van der Waals surface area contributed by atoms with Gasteiger partial charge in [-0.3, -0.25) is 38.8 Å². The van der Waals surface area contributed by atoms with Crippen molar-refractivity contribution in [2.24, 2.45) is 5.73 Å². The summed E-state index contributed by atoms with van der Waals surface area (Å²) in [5.74, 6) is -0.111. The largest absolute Gasteiger partial charge is 0.480 e. The van der Waals surface area contributed by atoms with Crippen molar-refractivity contribution < 1.29 is 86.0 Å². The van der Waals surface area contributed by atoms with E-state index >= 15 is 0 Å². The van der Waals surface area contributed by atoms with E-state index in [0.717, 1.165) is 169 Å². The molecule has 4 unspecified atom stereocenters. The van der Waals surface area contributed by atoms with Gasteiger partial charge in [-0.05, 0) is 210 Å². The Labute approximate surface area is 736 Å². The fraction of sp³-hybridized carbons (Fsp3) is 0.545. The van der Waals surface area contributed by atoms with Gasteiger partial charge >= 0.3 is 29.8 Å². The number of imidazole rings is 2. The Kier molecular flexibility index (Phi) is 53.0. The van der Waals surface area contributed by atoms with Gasteiger partial charge in [0.25, 0.3) is 5.91 Å². The molecule has 2 aromatic heterocycles. The Bertz CT molecular complexity index is 3950. The van der Waals surface area contributed by atoms with Crippen molar-refractivity contribution in [2.75, 3.05) is 194 Å². The van der Waals surface area contributed by atoms with Gasteiger partial charge in [0.1, 0.15) is 54.1 Å². The van der Waals surface area contributed by atoms with E-state index in [2.05, 4.69) is 45.5 Å². The number of allylic oxidation sites excluding steroid dienone is 2. The van der Waals surface area contributed by atoms with Gasteiger partial charge in [-0.1, -0.05) is 48.5 Å². The van der Waals surface area contributed by atoms with Crippen molar-refractivity contribution in [3.63, 3.8) is 0 Å². The Morgan fingerprint density at radius 2 is 0.836 bits per heavy atom. The molecule has 0 spiro atoms. The minimum Gasteiger partial charge on any atom is -0.480 e. The molecule has 8 atom stereocenters. The summed E-state index contributed by atoms with van der Waals surface area (Å²) in [5.41, 5.74) is 11.6. The molecule has 6 aromatic rings. The summed E-state index contributed by atoms with van der Waals surface area (Å²) in [6, 6.07) is 24.6. The zero-order valence-electron chi connectivity index (χ0n) is 72.4. The number of halogens is 2. The van der Waals surface area contributed by atoms with Crippen LogP contribution < -0.4 is 21.7 Å². The van der Waals surface area contributed by atoms with Crippen molar-refractivity contribution in [2.45, 2.75) is 115 Å². The topological polar surface area (TPSA) is 338 Å². The lowest BCUT2D eigenvalue weighted by atomic mass is 10.0. The molecular weight excluding hydrogens is 1650 g/mol. The number of thioether (sulfide) groups is 4. The highest BCUT2D eigenvalue weighted by Gasteiger charge is 2.28. The zero-order valence-corrected chi connectivity index (χ0v) is 75.6. The molecule has 8 N–H and O–H groups in total. The number of aromatic nitrogens is 4. The first-order valence-corrected chi connectivity index (χ1v) is 46.8. The summed E-state index contributed by atoms with van der Waals surface area (Å²) in [6.45, 7) is 24.8. The minimum absolute atomic E-state index is 0.0734. The quantitative estimate of drug-likeness (QED) is 0.0107. The molecule has 28 nitrogen and oxygen atoms in total. The number of likely N-dealkylation sites (N-methyl/N-ethyl adjacent to an activating group) is 2. The second kappa shape index (κ2) is 61.7. The zero-order chi connectivity index (χ0) is 88.8. The number of amides is 1. The number of aromatic carboxylic acids is 1. The fourth-order valence-electron chi connectivity index (χ4n) is 12.7. The van der Waals surface area contributed by atoms with Gasteiger partial charge in [-0.25, -0.2) is 28.3 Å². The SMILES string of the molecule is CC(O)CN1CCOCC1.CN[C@@H](CCSC)C(=O)O.CN[C@@H](CCSC)C(=O)OC(C)CN1CCOCC1.CSCC[C@H](N)C(=O)OC(C)CN1CCOCC1.CSCC[C@H](NC(=O)c1cccc(/C=C(/Cn2ccnc2)c2ccc(F)cc2)c1)C(=O)OC(C)CN1CCOCC1.O=C(O)c1cccc(/C=C(/Cn2ccnc2)c2ccc(F)cc2)c1. The van der Waals surface area contributed by atoms with Crippen LogP contribution >= 0.6 is 47.0 Å². The Balaban J connectivity index is 0.000000280. The van der Waals surface area contributed by atoms with Gasteiger partial charge in [0.05, 0.1) is 77.2 Å². The van der Waals surface area contributed by atoms with Crippen LogP contribution in [0.2, 0.25) is 0 Å². The maximum Gasteiger partial charge on any atom is 0.335 e. The number of carboxylic acids is 2. The summed E-state index contributed by atoms with van der Waals surface area (Å²) >= 11 is 6.69. The predicted octanol–water partition coefficient (Wildman–Crippen LogP) is 9.37. The Morgan fingerprint density at radius 1 is 0.484 bits per heavy atom. The Hall–Kier alpha value is -7.62. The number of hydrogen-bond acceptors (Lipinski definition) is 27. The molecule has 0 saturated carbocycles. The number of rotatable bonds is 40. The summed E-state index contributed by atoms with van der Waals surface area (Å²) in [7, 11) is 3.47. The molecule has 0 radical (unpaired) electrons. The molecule has 10 rings (SSSR count). The number of hydrogen-bond donors (Lipinski definition) is 7. The van der Waals surface area contributed by atoms with Gasteiger partial charge in [-0.15, -0.1) is 0 Å². The van der Waals surface area contributed by atoms with Crippen LogP contribution in [0.3, 0.4) is 0 Å². The molecule has 4 fully saturated rings. The third-order valence-corrected chi connectivity index (χ3v) is 21.9. The van der Waals surface area contributed by atoms with Crippen LogP contribution in [0.25, 0.3) is 23.3 Å². The number of nitrogens with two attached hydrogens (primary N) is 1. The first-order chi connectivity index (χ1) is 58.8. The number of ether oxygens (including phenoxy) is 7. The third kappa shape index (κ3) is 43.8. The molecule has 676 valence electrons. The van der Waals surface area contributed by atoms with Crippen LogP contribution in [0, 0.1) is 11.6 Å². The number of carbonyl (C=O) groups excluding carboxylic acids is 4. The van der Waals surface area contributed by atoms with Gasteiger partial charge in [0, 0.05) is 122 Å². The number of esters is 3. The molecule has 4 aliphatic heterocycles. The van der Waals surface area contributed by atoms with E-state index in [1.807, 2.05) is 98.5 Å². The standard InChI is InChI=1S/C31H37FN4O4S.C19H15FN2O2.C13H26N2O3S.C12H24N2O3S.C7H15NO2.C6H13NO2S/c1-23(20-35-13-15-39-16-14-35)40-31(38)29(10-17-41-2)34-30(37)26-5-3-4-24(18-26)19-27(21-36-12-11-33-22-36)25-6-8-28(32)9-7-25;20-18-6-4-15(5-7-18)17(12-22-9-8-21-13-22)11-14-2-1-3-16(10-14)19(23)24;1-11(10-15-5-7-17-8-6-15)18-13(16)12(14-2)4-9-19-3;1-10(9-14-4-6-16-7-5-14)17-12(15)11(13)3-8-18-2;1-7(9)6-8-2-4-10-5-3-8;1-7-5(6(8)9)3-4-10-2/h3-9,11-12,18-19,22-23,29H,10,13-17,20-21H2,1-2H3,(H,34,37);1-11,13H,12H2,(H,23,24);11-12,14H,4-10H2,1-3H3;10-11H,3-9,13H2,1-2H3;7,9H,2-6H2,1H3;5,7H,3-4H2,1-2H3,(H,8,9)/b27-19-;17-11-;;;;/t23?,29-;;11?,12-;10?,11-;;5-/m0.00.0/s1. The number of β-amino-alcohol motifs (C(OH)–C–C–N with tert-alkyl or cyclic N) is 1. The molecule has 122 heavy (non-hydrogen) atoms. The number of aliphatic hydroxyl groups excluding tert-OH is 1. The molecule has 0 aliphatic carbocycles. The summed E-state index contributed by atoms with van der Waals surface area (Å²) < 4.78 is 68.3. The number of nitrogens with one attached hydrogen (secondary N) is 3. The van der Waals surface area contributed by atoms with Crippen LogP contribution in [-0.4, -0.2) is 332 Å². The second-order valence-electron chi connectivity index (χ2n) is 29.4. The number of carbonyl (C=O) groups is 6. The van der Waals surface area contributed by atoms with E-state index < -0.39 is 30.0 Å². The lowest BCUT2D eigenvalue weighted by Gasteiger charge is -2.29. The van der Waals surface area contributed by atoms with E-state index in [1.54, 1.807) is 147 Å². The fourth-order valence-corrected chi connectivity index (χ4v) is 14.6. The Morgan fingerprint density at radius 3 is 1.20 bits per heavy atom. The molecule has 4 aliphatic rings. The van der Waals surface area contributed by atoms with Crippen molar-refractivity contribution in [3.05, 3.63) is 180 Å². The van der Waals surface area contributed by atoms with E-state index in [9.17, 15) is 37.5 Å². The lowest BCUT2D eigenvalue weighted by Crippen LogP contribution is -2.45. The summed E-state index contributed by atoms with van der Waals surface area (Å²) in [5, 5.41) is 35.3. The molecule has 6 heterocycles. The first-order valence-electron chi connectivity index (χ1n) is 41.2. The van der Waals surface area contributed by atoms with Crippen molar-refractivity contribution >= 4 is 106 Å². The number of morpholine rings is 4. The van der Waals surface area contributed by atoms with Gasteiger partial charge in [-0.2, -0.15) is 47.0 Å². The molecule has 1 amide bonds. The van der Waals surface area contributed by atoms with Gasteiger partial charge in [0.15, 0.2) is 0 Å². The maximum absolute atomic E-state index is 13.6. The lowest BCUT2D eigenvalue weighted by molar-refractivity contribution is -0.152. The molecule has 4 aromatic carbocycles. The van der Waals surface area contributed by atoms with Crippen LogP contribution in [0.1, 0.15) is 96.3 Å². The third-order valence-electron chi connectivity index (χ3n) is 19.3. The number of benzene rings is 4. The molecule has 4 saturated heterocycles. The minimum atomic E-state index is -0.969. The van der Waals surface area contributed by atoms with Crippen LogP contribution in [0.5, 0.6) is 0 Å². The van der Waals surface area contributed by atoms with E-state index in [0.29, 0.717) is 63.4 Å². The highest BCUT2D eigenvalue weighted by Crippen LogP contribution is 2.25. The highest BCUT2D eigenvalue weighted by molar-refractivity contribution is 7.99. The maximum atomic E-state index is 13.6. The average molecular weight is 1780 g/mol. The number of carboxylic acid groups (broad SMARTS) is 2. The summed E-state index contributed by atoms with van der Waals surface area (Å²) in [6.07, 6.45) is 24.3. The number of nitrogens with zero attached hydrogens (tertiary/aromatic N) is 8. The van der Waals surface area contributed by atoms with Crippen LogP contribution in [0.4, 0.5) is 8.78 Å². The van der Waals surface area contributed by atoms with Gasteiger partial charge < -0.3 is 79.3 Å². The first kappa shape index (κ1) is 105. The second-order valence-corrected chi connectivity index (χ2v) is 33.3. The van der Waals surface area contributed by atoms with E-state index in [4.69, 9.17) is 54.2 Å². The number of aliphatic hydroxyl groups is 1. The number of aliphatic carboxylic acids is 1. The van der Waals surface area contributed by atoms with E-state index in [-0.39, 0.29) is 71.5 Å².